The number of unbranched alkanes of at least 4 members (excludes halogenated alkanes) is 33. The fourth-order valence-corrected chi connectivity index (χ4v) is 9.58. The van der Waals surface area contributed by atoms with Gasteiger partial charge >= 0.3 is 5.97 Å². The topological polar surface area (TPSA) is 61.4 Å². The number of allylic oxidation sites excluding steroid dienone is 6. The summed E-state index contributed by atoms with van der Waals surface area (Å²) in [5, 5.41) is 8.74. The molecule has 0 heterocycles. The van der Waals surface area contributed by atoms with Crippen LogP contribution < -0.4 is 15.6 Å². The number of hydrogen-bond acceptors (Lipinski definition) is 4. The Bertz CT molecular complexity index is 1170. The van der Waals surface area contributed by atoms with Crippen molar-refractivity contribution in [1.29, 1.82) is 0 Å². The van der Waals surface area contributed by atoms with Crippen LogP contribution in [-0.2, 0) is 27.2 Å². The van der Waals surface area contributed by atoms with Crippen molar-refractivity contribution in [3.05, 3.63) is 66.8 Å². The summed E-state index contributed by atoms with van der Waals surface area (Å²) in [5.41, 5.74) is 9.53. The van der Waals surface area contributed by atoms with E-state index in [0.29, 0.717) is 4.70 Å². The van der Waals surface area contributed by atoms with Crippen LogP contribution in [0.25, 0.3) is 0 Å². The Labute approximate surface area is 430 Å². The minimum Gasteiger partial charge on any atom is -0.481 e. The molecule has 1 rings (SSSR count). The molecule has 0 amide bonds. The molecule has 7 heteroatoms. The molecular formula is C59H108AgN3O2S+. The van der Waals surface area contributed by atoms with Crippen molar-refractivity contribution in [3.8, 4) is 0 Å². The van der Waals surface area contributed by atoms with E-state index in [4.69, 9.17) is 5.11 Å². The van der Waals surface area contributed by atoms with Crippen LogP contribution in [0.3, 0.4) is 0 Å². The molecule has 1 radical (unpaired) electrons. The van der Waals surface area contributed by atoms with E-state index >= 15 is 0 Å². The van der Waals surface area contributed by atoms with Crippen LogP contribution in [0.2, 0.25) is 0 Å². The molecule has 0 aliphatic carbocycles. The molecule has 1 aromatic carbocycles. The molecule has 0 saturated carbocycles. The average Bonchev–Trinajstić information content (AvgIpc) is 3.31. The first kappa shape index (κ1) is 64.9. The molecule has 66 heavy (non-hydrogen) atoms. The molecule has 3 N–H and O–H groups in total. The van der Waals surface area contributed by atoms with E-state index in [2.05, 4.69) is 91.5 Å². The maximum atomic E-state index is 10.6. The van der Waals surface area contributed by atoms with Crippen molar-refractivity contribution < 1.29 is 32.3 Å². The minimum atomic E-state index is -0.697. The van der Waals surface area contributed by atoms with Crippen LogP contribution in [0.1, 0.15) is 264 Å². The number of nitrogens with one attached hydrogen (secondary N) is 2. The zero-order valence-electron chi connectivity index (χ0n) is 43.5. The molecule has 0 saturated heterocycles. The SMILES string of the molecule is CCCCCCCC/C=C\CCCCCCCN[N+](CCCCCCC/C=C\CCCCCCCCSCC(=O)O)(NCCCCCCC/C=C\CCCCCCCC)c1ccccc1.[Ag]. The number of para-hydroxylation sites is 1. The first-order valence-corrected chi connectivity index (χ1v) is 29.5. The fourth-order valence-electron chi connectivity index (χ4n) is 8.85. The second-order valence-corrected chi connectivity index (χ2v) is 20.3. The van der Waals surface area contributed by atoms with Gasteiger partial charge in [-0.1, -0.05) is 210 Å². The number of hydrogen-bond donors (Lipinski definition) is 3. The van der Waals surface area contributed by atoms with Crippen molar-refractivity contribution in [1.82, 2.24) is 15.6 Å². The number of nitrogens with zero attached hydrogens (tertiary/aromatic N) is 1. The summed E-state index contributed by atoms with van der Waals surface area (Å²) in [5.74, 6) is 0.527. The molecule has 0 spiro atoms. The molecule has 0 atom stereocenters. The molecule has 1 aromatic rings. The number of rotatable bonds is 52. The Morgan fingerprint density at radius 1 is 0.455 bits per heavy atom. The van der Waals surface area contributed by atoms with Gasteiger partial charge in [0.15, 0.2) is 5.69 Å². The van der Waals surface area contributed by atoms with E-state index in [1.54, 1.807) is 11.8 Å². The zero-order chi connectivity index (χ0) is 46.7. The normalized spacial score (nSPS) is 12.0. The molecule has 0 aliphatic rings. The van der Waals surface area contributed by atoms with Crippen molar-refractivity contribution in [3.63, 3.8) is 0 Å². The number of thioether (sulfide) groups is 1. The van der Waals surface area contributed by atoms with E-state index in [9.17, 15) is 4.79 Å². The van der Waals surface area contributed by atoms with Gasteiger partial charge in [0.05, 0.1) is 5.75 Å². The fraction of sp³-hybridized carbons (Fsp3) is 0.780. The largest absolute Gasteiger partial charge is 0.481 e. The van der Waals surface area contributed by atoms with Gasteiger partial charge in [0.25, 0.3) is 0 Å². The molecule has 0 aromatic heterocycles. The van der Waals surface area contributed by atoms with Crippen molar-refractivity contribution in [2.75, 3.05) is 31.1 Å². The summed E-state index contributed by atoms with van der Waals surface area (Å²) in [6.45, 7) is 7.78. The van der Waals surface area contributed by atoms with Crippen LogP contribution in [0.15, 0.2) is 66.8 Å². The number of aliphatic carboxylic acids is 1. The van der Waals surface area contributed by atoms with Crippen LogP contribution >= 0.6 is 11.8 Å². The first-order valence-electron chi connectivity index (χ1n) is 28.3. The quantitative estimate of drug-likeness (QED) is 0.0200. The third-order valence-electron chi connectivity index (χ3n) is 13.0. The molecule has 387 valence electrons. The summed E-state index contributed by atoms with van der Waals surface area (Å²) in [6.07, 6.45) is 66.0. The Kier molecular flexibility index (Phi) is 52.3. The minimum absolute atomic E-state index is 0. The third-order valence-corrected chi connectivity index (χ3v) is 14.0. The summed E-state index contributed by atoms with van der Waals surface area (Å²) >= 11 is 1.55. The molecule has 0 bridgehead atoms. The second kappa shape index (κ2) is 53.2. The van der Waals surface area contributed by atoms with Gasteiger partial charge in [0.1, 0.15) is 6.54 Å². The number of carbonyl (C=O) groups is 1. The van der Waals surface area contributed by atoms with Gasteiger partial charge in [-0.3, -0.25) is 4.79 Å². The van der Waals surface area contributed by atoms with Gasteiger partial charge in [-0.15, -0.1) is 15.6 Å². The summed E-state index contributed by atoms with van der Waals surface area (Å²) in [4.78, 5) is 10.6. The molecule has 0 aliphatic heterocycles. The predicted octanol–water partition coefficient (Wildman–Crippen LogP) is 18.7. The Balaban J connectivity index is 0.0000422. The number of quaternary nitrogens is 1. The van der Waals surface area contributed by atoms with Crippen LogP contribution in [0.4, 0.5) is 5.69 Å². The van der Waals surface area contributed by atoms with Gasteiger partial charge in [-0.2, -0.15) is 11.8 Å². The molecule has 0 unspecified atom stereocenters. The van der Waals surface area contributed by atoms with E-state index in [1.807, 2.05) is 0 Å². The van der Waals surface area contributed by atoms with Crippen LogP contribution in [0.5, 0.6) is 0 Å². The van der Waals surface area contributed by atoms with Crippen molar-refractivity contribution in [2.24, 2.45) is 0 Å². The summed E-state index contributed by atoms with van der Waals surface area (Å²) < 4.78 is 0.711. The van der Waals surface area contributed by atoms with Crippen molar-refractivity contribution >= 4 is 23.4 Å². The number of benzene rings is 1. The molecule has 5 nitrogen and oxygen atoms in total. The van der Waals surface area contributed by atoms with Crippen molar-refractivity contribution in [2.45, 2.75) is 264 Å². The maximum Gasteiger partial charge on any atom is 0.313 e. The smallest absolute Gasteiger partial charge is 0.313 e. The monoisotopic (exact) mass is 1030 g/mol. The molecular weight excluding hydrogens is 923 g/mol. The Morgan fingerprint density at radius 3 is 1.14 bits per heavy atom. The summed E-state index contributed by atoms with van der Waals surface area (Å²) in [6, 6.07) is 11.3. The van der Waals surface area contributed by atoms with E-state index in [0.717, 1.165) is 31.8 Å². The summed E-state index contributed by atoms with van der Waals surface area (Å²) in [7, 11) is 0. The van der Waals surface area contributed by atoms with Gasteiger partial charge in [-0.25, -0.2) is 0 Å². The molecule has 0 fully saturated rings. The maximum absolute atomic E-state index is 10.6. The van der Waals surface area contributed by atoms with Gasteiger partial charge < -0.3 is 5.11 Å². The Morgan fingerprint density at radius 2 is 0.773 bits per heavy atom. The van der Waals surface area contributed by atoms with Gasteiger partial charge in [0.2, 0.25) is 0 Å². The third kappa shape index (κ3) is 44.1. The van der Waals surface area contributed by atoms with E-state index in [-0.39, 0.29) is 28.1 Å². The zero-order valence-corrected chi connectivity index (χ0v) is 45.8. The van der Waals surface area contributed by atoms with E-state index < -0.39 is 5.97 Å². The van der Waals surface area contributed by atoms with E-state index in [1.165, 1.54) is 250 Å². The second-order valence-electron chi connectivity index (χ2n) is 19.2. The van der Waals surface area contributed by atoms with Crippen LogP contribution in [0, 0.1) is 0 Å². The standard InChI is InChI=1S/C59H107N3O2S.Ag/c1-3-5-7-9-11-13-15-17-20-24-28-32-36-40-47-53-60-62(58-51-45-44-46-52-58,61-54-48-41-37-33-29-25-21-18-16-14-12-10-8-6-4-2)55-49-42-38-34-30-26-22-19-23-27-31-35-39-43-50-56-65-57-59(63)64;/h17-22,44-46,51-52,60-61H,3-16,23-43,47-50,53-57H2,1-2H3;/p+1/b20-17-,21-18-,22-19-;. The van der Waals surface area contributed by atoms with Gasteiger partial charge in [0, 0.05) is 54.0 Å². The number of carboxylic acid groups (broad SMARTS) is 1. The van der Waals surface area contributed by atoms with Crippen LogP contribution in [-0.4, -0.2) is 42.2 Å². The van der Waals surface area contributed by atoms with Gasteiger partial charge in [-0.05, 0) is 108 Å². The average molecular weight is 1030 g/mol. The first-order chi connectivity index (χ1) is 32.1. The Hall–Kier alpha value is -1.12. The number of carboxylic acids is 1. The predicted molar refractivity (Wildman–Crippen MR) is 293 cm³/mol.